The van der Waals surface area contributed by atoms with Crippen LogP contribution < -0.4 is 14.4 Å². The summed E-state index contributed by atoms with van der Waals surface area (Å²) in [7, 11) is 3.04. The molecule has 0 unspecified atom stereocenters. The Balaban J connectivity index is 2.14. The quantitative estimate of drug-likeness (QED) is 0.800. The maximum atomic E-state index is 12.7. The number of para-hydroxylation sites is 2. The number of fused-ring (bicyclic) bond motifs is 1. The van der Waals surface area contributed by atoms with Crippen LogP contribution in [0.2, 0.25) is 0 Å². The van der Waals surface area contributed by atoms with E-state index in [0.29, 0.717) is 11.1 Å². The zero-order valence-corrected chi connectivity index (χ0v) is 13.1. The number of nitrogens with zero attached hydrogens (tertiary/aromatic N) is 1. The summed E-state index contributed by atoms with van der Waals surface area (Å²) < 4.78 is 35.2. The van der Waals surface area contributed by atoms with Crippen LogP contribution in [0.3, 0.4) is 0 Å². The molecule has 1 heterocycles. The van der Waals surface area contributed by atoms with Crippen LogP contribution in [0.5, 0.6) is 11.5 Å². The number of benzene rings is 2. The van der Waals surface area contributed by atoms with Crippen LogP contribution in [0, 0.1) is 0 Å². The van der Waals surface area contributed by atoms with Gasteiger partial charge in [0.15, 0.2) is 11.5 Å². The molecule has 0 aromatic heterocycles. The van der Waals surface area contributed by atoms with E-state index in [4.69, 9.17) is 4.74 Å². The fraction of sp³-hybridized carbons (Fsp3) is 0.167. The number of ether oxygens (including phenoxy) is 2. The lowest BCUT2D eigenvalue weighted by molar-refractivity contribution is -0.112. The van der Waals surface area contributed by atoms with Crippen molar-refractivity contribution < 1.29 is 23.0 Å². The van der Waals surface area contributed by atoms with Crippen molar-refractivity contribution in [3.05, 3.63) is 53.6 Å². The molecule has 2 aromatic rings. The molecule has 3 rings (SSSR count). The number of anilines is 1. The number of hydrogen-bond acceptors (Lipinski definition) is 3. The Hall–Kier alpha value is -2.89. The van der Waals surface area contributed by atoms with Gasteiger partial charge >= 0.3 is 6.61 Å². The summed E-state index contributed by atoms with van der Waals surface area (Å²) >= 11 is 0. The fourth-order valence-electron chi connectivity index (χ4n) is 2.72. The van der Waals surface area contributed by atoms with Crippen LogP contribution in [0.15, 0.2) is 42.5 Å². The molecular formula is C18H15F2NO3. The molecule has 0 aliphatic carbocycles. The van der Waals surface area contributed by atoms with Crippen molar-refractivity contribution in [1.82, 2.24) is 0 Å². The molecule has 0 spiro atoms. The molecule has 24 heavy (non-hydrogen) atoms. The average Bonchev–Trinajstić information content (AvgIpc) is 2.81. The lowest BCUT2D eigenvalue weighted by atomic mass is 10.0. The van der Waals surface area contributed by atoms with Gasteiger partial charge in [0.05, 0.1) is 12.8 Å². The van der Waals surface area contributed by atoms with Crippen molar-refractivity contribution in [2.45, 2.75) is 6.61 Å². The van der Waals surface area contributed by atoms with E-state index in [1.807, 2.05) is 24.3 Å². The van der Waals surface area contributed by atoms with Crippen molar-refractivity contribution in [3.63, 3.8) is 0 Å². The van der Waals surface area contributed by atoms with Crippen LogP contribution >= 0.6 is 0 Å². The minimum absolute atomic E-state index is 0.0951. The summed E-state index contributed by atoms with van der Waals surface area (Å²) in [6.07, 6.45) is 1.55. The molecule has 6 heteroatoms. The molecule has 0 atom stereocenters. The summed E-state index contributed by atoms with van der Waals surface area (Å²) in [4.78, 5) is 14.0. The zero-order chi connectivity index (χ0) is 17.3. The first-order chi connectivity index (χ1) is 11.5. The van der Waals surface area contributed by atoms with Crippen LogP contribution in [0.25, 0.3) is 11.6 Å². The highest BCUT2D eigenvalue weighted by Gasteiger charge is 2.29. The van der Waals surface area contributed by atoms with Crippen molar-refractivity contribution in [1.29, 1.82) is 0 Å². The summed E-state index contributed by atoms with van der Waals surface area (Å²) in [6, 6.07) is 12.1. The third-order valence-electron chi connectivity index (χ3n) is 3.83. The number of rotatable bonds is 4. The molecule has 2 aromatic carbocycles. The van der Waals surface area contributed by atoms with Gasteiger partial charge in [-0.25, -0.2) is 0 Å². The van der Waals surface area contributed by atoms with E-state index in [2.05, 4.69) is 4.74 Å². The largest absolute Gasteiger partial charge is 0.493 e. The molecule has 1 aliphatic heterocycles. The van der Waals surface area contributed by atoms with Gasteiger partial charge in [-0.3, -0.25) is 4.79 Å². The van der Waals surface area contributed by atoms with Crippen LogP contribution in [-0.2, 0) is 4.79 Å². The van der Waals surface area contributed by atoms with E-state index >= 15 is 0 Å². The third-order valence-corrected chi connectivity index (χ3v) is 3.83. The second-order valence-corrected chi connectivity index (χ2v) is 5.20. The number of hydrogen-bond donors (Lipinski definition) is 0. The van der Waals surface area contributed by atoms with Gasteiger partial charge in [0.2, 0.25) is 0 Å². The zero-order valence-electron chi connectivity index (χ0n) is 13.1. The van der Waals surface area contributed by atoms with Crippen molar-refractivity contribution in [3.8, 4) is 11.5 Å². The monoisotopic (exact) mass is 331 g/mol. The molecule has 1 amide bonds. The number of amides is 1. The van der Waals surface area contributed by atoms with E-state index in [1.54, 1.807) is 25.3 Å². The number of likely N-dealkylation sites (N-methyl/N-ethyl adjacent to an activating group) is 1. The second-order valence-electron chi connectivity index (χ2n) is 5.20. The standard InChI is InChI=1S/C18H15F2NO3/c1-21-14-8-4-3-7-12(14)13(17(21)22)10-11-6-5-9-15(23-2)16(11)24-18(19)20/h3-10,18H,1-2H3/b13-10+. The van der Waals surface area contributed by atoms with Gasteiger partial charge in [-0.2, -0.15) is 8.78 Å². The summed E-state index contributed by atoms with van der Waals surface area (Å²) in [5.74, 6) is -0.124. The van der Waals surface area contributed by atoms with Gasteiger partial charge in [-0.05, 0) is 18.2 Å². The van der Waals surface area contributed by atoms with E-state index < -0.39 is 6.61 Å². The van der Waals surface area contributed by atoms with Gasteiger partial charge < -0.3 is 14.4 Å². The molecule has 4 nitrogen and oxygen atoms in total. The molecule has 1 aliphatic rings. The second kappa shape index (κ2) is 6.31. The maximum Gasteiger partial charge on any atom is 0.387 e. The third kappa shape index (κ3) is 2.71. The van der Waals surface area contributed by atoms with Crippen LogP contribution in [-0.4, -0.2) is 26.7 Å². The summed E-state index contributed by atoms with van der Waals surface area (Å²) in [6.45, 7) is -2.99. The predicted octanol–water partition coefficient (Wildman–Crippen LogP) is 3.81. The van der Waals surface area contributed by atoms with Crippen molar-refractivity contribution >= 4 is 23.2 Å². The minimum Gasteiger partial charge on any atom is -0.493 e. The Morgan fingerprint density at radius 2 is 1.88 bits per heavy atom. The maximum absolute atomic E-state index is 12.7. The average molecular weight is 331 g/mol. The Kier molecular flexibility index (Phi) is 4.20. The van der Waals surface area contributed by atoms with Crippen LogP contribution in [0.4, 0.5) is 14.5 Å². The number of carbonyl (C=O) groups excluding carboxylic acids is 1. The molecule has 0 saturated heterocycles. The molecule has 124 valence electrons. The molecule has 0 N–H and O–H groups in total. The smallest absolute Gasteiger partial charge is 0.387 e. The highest BCUT2D eigenvalue weighted by atomic mass is 19.3. The number of halogens is 2. The Morgan fingerprint density at radius 3 is 2.58 bits per heavy atom. The summed E-state index contributed by atoms with van der Waals surface area (Å²) in [5, 5.41) is 0. The number of methoxy groups -OCH3 is 1. The van der Waals surface area contributed by atoms with Gasteiger partial charge in [-0.1, -0.05) is 30.3 Å². The number of carbonyl (C=O) groups is 1. The highest BCUT2D eigenvalue weighted by molar-refractivity contribution is 6.35. The van der Waals surface area contributed by atoms with E-state index in [-0.39, 0.29) is 17.4 Å². The van der Waals surface area contributed by atoms with Crippen LogP contribution in [0.1, 0.15) is 11.1 Å². The van der Waals surface area contributed by atoms with Crippen molar-refractivity contribution in [2.75, 3.05) is 19.1 Å². The SMILES string of the molecule is COc1cccc(/C=C2/C(=O)N(C)c3ccccc32)c1OC(F)F. The molecule has 0 fully saturated rings. The Labute approximate surface area is 137 Å². The minimum atomic E-state index is -2.99. The molecule has 0 saturated carbocycles. The van der Waals surface area contributed by atoms with Gasteiger partial charge in [0.25, 0.3) is 5.91 Å². The topological polar surface area (TPSA) is 38.8 Å². The normalized spacial score (nSPS) is 15.1. The summed E-state index contributed by atoms with van der Waals surface area (Å²) in [5.41, 5.74) is 2.28. The molecular weight excluding hydrogens is 316 g/mol. The van der Waals surface area contributed by atoms with E-state index in [1.165, 1.54) is 18.1 Å². The van der Waals surface area contributed by atoms with Crippen molar-refractivity contribution in [2.24, 2.45) is 0 Å². The van der Waals surface area contributed by atoms with Gasteiger partial charge in [-0.15, -0.1) is 0 Å². The van der Waals surface area contributed by atoms with Gasteiger partial charge in [0.1, 0.15) is 0 Å². The molecule has 0 bridgehead atoms. The lowest BCUT2D eigenvalue weighted by Gasteiger charge is -2.13. The Morgan fingerprint density at radius 1 is 1.12 bits per heavy atom. The number of alkyl halides is 2. The predicted molar refractivity (Wildman–Crippen MR) is 87.3 cm³/mol. The van der Waals surface area contributed by atoms with E-state index in [9.17, 15) is 13.6 Å². The first-order valence-corrected chi connectivity index (χ1v) is 7.24. The Bertz CT molecular complexity index is 818. The lowest BCUT2D eigenvalue weighted by Crippen LogP contribution is -2.20. The first-order valence-electron chi connectivity index (χ1n) is 7.24. The van der Waals surface area contributed by atoms with Gasteiger partial charge in [0, 0.05) is 23.7 Å². The fourth-order valence-corrected chi connectivity index (χ4v) is 2.72. The molecule has 0 radical (unpaired) electrons. The first kappa shape index (κ1) is 16.0. The highest BCUT2D eigenvalue weighted by Crippen LogP contribution is 2.39. The van der Waals surface area contributed by atoms with E-state index in [0.717, 1.165) is 11.3 Å².